The average Bonchev–Trinajstić information content (AvgIpc) is 3.32. The minimum absolute atomic E-state index is 0.0295. The maximum Gasteiger partial charge on any atom is 0.328 e. The lowest BCUT2D eigenvalue weighted by Crippen LogP contribution is -2.12. The van der Waals surface area contributed by atoms with Gasteiger partial charge in [0.2, 0.25) is 5.95 Å². The molecular formula is C29H52N5O5P. The lowest BCUT2D eigenvalue weighted by Gasteiger charge is -2.11. The number of allylic oxidation sites excluding steroid dienone is 2. The Kier molecular flexibility index (Phi) is 17.8. The van der Waals surface area contributed by atoms with E-state index in [4.69, 9.17) is 15.0 Å². The molecule has 11 heteroatoms. The number of fused-ring (bicyclic) bond motifs is 1. The van der Waals surface area contributed by atoms with Gasteiger partial charge in [0, 0.05) is 19.8 Å². The molecule has 10 nitrogen and oxygen atoms in total. The third-order valence-electron chi connectivity index (χ3n) is 6.91. The van der Waals surface area contributed by atoms with E-state index in [0.717, 1.165) is 13.0 Å². The number of unbranched alkanes of at least 4 members (excludes halogenated alkanes) is 13. The van der Waals surface area contributed by atoms with E-state index in [0.29, 0.717) is 31.6 Å². The third kappa shape index (κ3) is 15.1. The van der Waals surface area contributed by atoms with Crippen molar-refractivity contribution in [2.24, 2.45) is 0 Å². The number of nitrogen functional groups attached to an aromatic ring is 1. The summed E-state index contributed by atoms with van der Waals surface area (Å²) in [6, 6.07) is 0. The zero-order valence-corrected chi connectivity index (χ0v) is 25.4. The van der Waals surface area contributed by atoms with Gasteiger partial charge in [0.15, 0.2) is 11.2 Å². The summed E-state index contributed by atoms with van der Waals surface area (Å²) in [6.45, 7) is 4.17. The number of imidazole rings is 1. The Balaban J connectivity index is 1.38. The van der Waals surface area contributed by atoms with E-state index in [1.807, 2.05) is 6.08 Å². The molecule has 0 saturated carbocycles. The smallest absolute Gasteiger partial charge is 0.328 e. The van der Waals surface area contributed by atoms with Crippen molar-refractivity contribution in [3.05, 3.63) is 28.8 Å². The van der Waals surface area contributed by atoms with Gasteiger partial charge in [-0.1, -0.05) is 103 Å². The van der Waals surface area contributed by atoms with Crippen LogP contribution in [0.5, 0.6) is 0 Å². The molecule has 0 bridgehead atoms. The molecule has 40 heavy (non-hydrogen) atoms. The van der Waals surface area contributed by atoms with Crippen molar-refractivity contribution < 1.29 is 18.7 Å². The van der Waals surface area contributed by atoms with Gasteiger partial charge in [-0.15, -0.1) is 0 Å². The number of nitrogens with one attached hydrogen (secondary N) is 1. The number of aromatic nitrogens is 4. The number of aromatic amines is 1. The van der Waals surface area contributed by atoms with E-state index in [-0.39, 0.29) is 29.8 Å². The Morgan fingerprint density at radius 3 is 2.17 bits per heavy atom. The normalized spacial score (nSPS) is 13.4. The Bertz CT molecular complexity index is 1070. The maximum atomic E-state index is 12.2. The molecule has 0 aliphatic carbocycles. The van der Waals surface area contributed by atoms with Crippen LogP contribution in [0.15, 0.2) is 23.3 Å². The standard InChI is InChI=1S/C29H52N5O5P/c1-2-3-4-5-6-7-8-9-10-11-12-13-14-17-21-38-22-19-23-39-40(36,37)24-18-15-16-20-34-25-31-26-27(34)32-29(30)33-28(26)35/h15-16,25H,2-14,17-24H2,1H3,(H,36,37)(H3,30,32,33,35)/b16-15+. The molecule has 0 spiro atoms. The van der Waals surface area contributed by atoms with Crippen molar-refractivity contribution in [3.8, 4) is 0 Å². The highest BCUT2D eigenvalue weighted by atomic mass is 31.2. The van der Waals surface area contributed by atoms with Crippen LogP contribution in [0.4, 0.5) is 5.95 Å². The fraction of sp³-hybridized carbons (Fsp3) is 0.759. The molecule has 228 valence electrons. The van der Waals surface area contributed by atoms with Gasteiger partial charge in [-0.3, -0.25) is 14.3 Å². The van der Waals surface area contributed by atoms with Gasteiger partial charge in [0.05, 0.1) is 19.1 Å². The number of hydrogen-bond donors (Lipinski definition) is 3. The van der Waals surface area contributed by atoms with Crippen molar-refractivity contribution in [3.63, 3.8) is 0 Å². The zero-order chi connectivity index (χ0) is 28.9. The molecule has 0 aliphatic rings. The van der Waals surface area contributed by atoms with E-state index < -0.39 is 7.60 Å². The lowest BCUT2D eigenvalue weighted by molar-refractivity contribution is 0.113. The van der Waals surface area contributed by atoms with Crippen LogP contribution in [0.25, 0.3) is 11.2 Å². The third-order valence-corrected chi connectivity index (χ3v) is 8.32. The second-order valence-corrected chi connectivity index (χ2v) is 12.5. The first-order valence-electron chi connectivity index (χ1n) is 15.3. The number of rotatable bonds is 25. The zero-order valence-electron chi connectivity index (χ0n) is 24.5. The van der Waals surface area contributed by atoms with Crippen molar-refractivity contribution in [2.75, 3.05) is 31.7 Å². The summed E-state index contributed by atoms with van der Waals surface area (Å²) in [5.41, 5.74) is 5.83. The first kappa shape index (κ1) is 34.2. The molecule has 0 fully saturated rings. The minimum Gasteiger partial charge on any atom is -0.381 e. The number of nitrogens with two attached hydrogens (primary N) is 1. The van der Waals surface area contributed by atoms with E-state index in [1.54, 1.807) is 10.6 Å². The minimum atomic E-state index is -3.64. The monoisotopic (exact) mass is 581 g/mol. The summed E-state index contributed by atoms with van der Waals surface area (Å²) >= 11 is 0. The van der Waals surface area contributed by atoms with E-state index >= 15 is 0 Å². The number of hydrogen-bond acceptors (Lipinski definition) is 7. The number of nitrogens with zero attached hydrogens (tertiary/aromatic N) is 3. The van der Waals surface area contributed by atoms with Gasteiger partial charge < -0.3 is 24.5 Å². The second-order valence-electron chi connectivity index (χ2n) is 10.5. The first-order chi connectivity index (χ1) is 19.4. The molecule has 2 aromatic rings. The highest BCUT2D eigenvalue weighted by Gasteiger charge is 2.17. The number of anilines is 1. The van der Waals surface area contributed by atoms with Crippen LogP contribution in [0.3, 0.4) is 0 Å². The molecule has 0 radical (unpaired) electrons. The van der Waals surface area contributed by atoms with Crippen LogP contribution in [-0.2, 0) is 20.4 Å². The van der Waals surface area contributed by atoms with Crippen LogP contribution in [0, 0.1) is 0 Å². The molecule has 0 aliphatic heterocycles. The molecule has 2 rings (SSSR count). The molecule has 1 unspecified atom stereocenters. The molecule has 1 atom stereocenters. The van der Waals surface area contributed by atoms with Crippen molar-refractivity contribution in [1.29, 1.82) is 0 Å². The Morgan fingerprint density at radius 2 is 1.52 bits per heavy atom. The predicted molar refractivity (Wildman–Crippen MR) is 163 cm³/mol. The van der Waals surface area contributed by atoms with Crippen LogP contribution >= 0.6 is 7.60 Å². The van der Waals surface area contributed by atoms with Crippen LogP contribution in [0.2, 0.25) is 0 Å². The molecule has 4 N–H and O–H groups in total. The Labute approximate surface area is 239 Å². The number of H-pyrrole nitrogens is 1. The molecule has 0 amide bonds. The van der Waals surface area contributed by atoms with Crippen molar-refractivity contribution in [1.82, 2.24) is 19.5 Å². The molecule has 2 heterocycles. The van der Waals surface area contributed by atoms with Gasteiger partial charge in [0.1, 0.15) is 0 Å². The summed E-state index contributed by atoms with van der Waals surface area (Å²) in [7, 11) is -3.64. The summed E-state index contributed by atoms with van der Waals surface area (Å²) in [4.78, 5) is 32.4. The summed E-state index contributed by atoms with van der Waals surface area (Å²) in [5, 5.41) is 0. The predicted octanol–water partition coefficient (Wildman–Crippen LogP) is 6.74. The Hall–Kier alpha value is -2.00. The van der Waals surface area contributed by atoms with Crippen molar-refractivity contribution in [2.45, 2.75) is 116 Å². The van der Waals surface area contributed by atoms with Gasteiger partial charge in [-0.25, -0.2) is 4.98 Å². The SMILES string of the molecule is CCCCCCCCCCCCCCCCOCCCOP(=O)(O)CC/C=C/Cn1cnc2c(=O)[nH]c(N)nc21. The maximum absolute atomic E-state index is 12.2. The summed E-state index contributed by atoms with van der Waals surface area (Å²) < 4.78 is 24.8. The quantitative estimate of drug-likeness (QED) is 0.0664. The fourth-order valence-electron chi connectivity index (χ4n) is 4.58. The molecule has 0 aromatic carbocycles. The van der Waals surface area contributed by atoms with Crippen molar-refractivity contribution >= 4 is 24.7 Å². The van der Waals surface area contributed by atoms with E-state index in [2.05, 4.69) is 21.9 Å². The van der Waals surface area contributed by atoms with Gasteiger partial charge >= 0.3 is 7.60 Å². The largest absolute Gasteiger partial charge is 0.381 e. The van der Waals surface area contributed by atoms with E-state index in [1.165, 1.54) is 89.8 Å². The molecule has 0 saturated heterocycles. The average molecular weight is 582 g/mol. The highest BCUT2D eigenvalue weighted by Crippen LogP contribution is 2.42. The lowest BCUT2D eigenvalue weighted by atomic mass is 10.0. The van der Waals surface area contributed by atoms with Gasteiger partial charge in [-0.05, 0) is 19.3 Å². The molecule has 2 aromatic heterocycles. The first-order valence-corrected chi connectivity index (χ1v) is 17.1. The van der Waals surface area contributed by atoms with Crippen LogP contribution in [0.1, 0.15) is 110 Å². The second kappa shape index (κ2) is 20.8. The van der Waals surface area contributed by atoms with Gasteiger partial charge in [-0.2, -0.15) is 4.98 Å². The topological polar surface area (TPSA) is 145 Å². The summed E-state index contributed by atoms with van der Waals surface area (Å²) in [6.07, 6.45) is 24.9. The van der Waals surface area contributed by atoms with Crippen LogP contribution < -0.4 is 11.3 Å². The summed E-state index contributed by atoms with van der Waals surface area (Å²) in [5.74, 6) is 0.0295. The molecular weight excluding hydrogens is 529 g/mol. The Morgan fingerprint density at radius 1 is 0.925 bits per heavy atom. The van der Waals surface area contributed by atoms with Gasteiger partial charge in [0.25, 0.3) is 5.56 Å². The fourth-order valence-corrected chi connectivity index (χ4v) is 5.60. The highest BCUT2D eigenvalue weighted by molar-refractivity contribution is 7.52. The van der Waals surface area contributed by atoms with E-state index in [9.17, 15) is 14.3 Å². The number of ether oxygens (including phenoxy) is 1. The van der Waals surface area contributed by atoms with Crippen LogP contribution in [-0.4, -0.2) is 50.4 Å².